The van der Waals surface area contributed by atoms with Gasteiger partial charge in [0.15, 0.2) is 0 Å². The van der Waals surface area contributed by atoms with Crippen LogP contribution in [-0.2, 0) is 19.1 Å². The molecule has 1 atom stereocenters. The topological polar surface area (TPSA) is 76.7 Å². The quantitative estimate of drug-likeness (QED) is 0.669. The van der Waals surface area contributed by atoms with Crippen LogP contribution in [0.4, 0.5) is 0 Å². The van der Waals surface area contributed by atoms with Gasteiger partial charge in [0.1, 0.15) is 6.04 Å². The number of carbonyl (C=O) groups excluding carboxylic acids is 2. The summed E-state index contributed by atoms with van der Waals surface area (Å²) in [5.41, 5.74) is 0.190. The van der Waals surface area contributed by atoms with Crippen LogP contribution in [0.15, 0.2) is 0 Å². The van der Waals surface area contributed by atoms with Crippen molar-refractivity contribution in [2.24, 2.45) is 5.41 Å². The monoisotopic (exact) mass is 272 g/mol. The first-order chi connectivity index (χ1) is 8.97. The van der Waals surface area contributed by atoms with Gasteiger partial charge < -0.3 is 20.1 Å². The largest absolute Gasteiger partial charge is 0.467 e. The second kappa shape index (κ2) is 7.45. The summed E-state index contributed by atoms with van der Waals surface area (Å²) in [6.45, 7) is 6.32. The van der Waals surface area contributed by atoms with E-state index in [0.717, 1.165) is 32.6 Å². The van der Waals surface area contributed by atoms with Crippen LogP contribution in [0.5, 0.6) is 0 Å². The van der Waals surface area contributed by atoms with Gasteiger partial charge in [-0.2, -0.15) is 0 Å². The molecular weight excluding hydrogens is 248 g/mol. The molecule has 110 valence electrons. The maximum absolute atomic E-state index is 11.5. The predicted molar refractivity (Wildman–Crippen MR) is 70.7 cm³/mol. The van der Waals surface area contributed by atoms with Crippen LogP contribution in [-0.4, -0.2) is 51.3 Å². The van der Waals surface area contributed by atoms with Crippen LogP contribution in [0, 0.1) is 5.41 Å². The zero-order valence-electron chi connectivity index (χ0n) is 12.0. The fourth-order valence-corrected chi connectivity index (χ4v) is 2.14. The summed E-state index contributed by atoms with van der Waals surface area (Å²) in [6, 6.07) is -0.633. The fourth-order valence-electron chi connectivity index (χ4n) is 2.14. The Morgan fingerprint density at radius 2 is 2.00 bits per heavy atom. The van der Waals surface area contributed by atoms with Gasteiger partial charge in [0.05, 0.1) is 7.11 Å². The molecule has 2 N–H and O–H groups in total. The molecule has 6 heteroatoms. The number of methoxy groups -OCH3 is 1. The van der Waals surface area contributed by atoms with E-state index < -0.39 is 12.0 Å². The average molecular weight is 272 g/mol. The molecule has 0 aromatic heterocycles. The number of amides is 1. The Bertz CT molecular complexity index is 314. The van der Waals surface area contributed by atoms with E-state index in [4.69, 9.17) is 4.74 Å². The van der Waals surface area contributed by atoms with Crippen LogP contribution in [0.3, 0.4) is 0 Å². The Labute approximate surface area is 114 Å². The minimum Gasteiger partial charge on any atom is -0.467 e. The normalized spacial score (nSPS) is 19.5. The molecule has 19 heavy (non-hydrogen) atoms. The Hall–Kier alpha value is -1.14. The Kier molecular flexibility index (Phi) is 6.24. The summed E-state index contributed by atoms with van der Waals surface area (Å²) < 4.78 is 10.0. The van der Waals surface area contributed by atoms with E-state index in [-0.39, 0.29) is 11.3 Å². The van der Waals surface area contributed by atoms with Gasteiger partial charge in [-0.25, -0.2) is 4.79 Å². The van der Waals surface area contributed by atoms with Crippen LogP contribution in [0.25, 0.3) is 0 Å². The Morgan fingerprint density at radius 3 is 2.53 bits per heavy atom. The molecule has 1 aliphatic heterocycles. The van der Waals surface area contributed by atoms with Gasteiger partial charge in [-0.3, -0.25) is 4.79 Å². The van der Waals surface area contributed by atoms with E-state index >= 15 is 0 Å². The van der Waals surface area contributed by atoms with Crippen molar-refractivity contribution >= 4 is 11.9 Å². The summed E-state index contributed by atoms with van der Waals surface area (Å²) in [7, 11) is 1.32. The van der Waals surface area contributed by atoms with Crippen LogP contribution >= 0.6 is 0 Å². The molecule has 1 unspecified atom stereocenters. The number of nitrogens with one attached hydrogen (secondary N) is 2. The highest BCUT2D eigenvalue weighted by Crippen LogP contribution is 2.28. The average Bonchev–Trinajstić information content (AvgIpc) is 2.37. The molecule has 1 saturated heterocycles. The van der Waals surface area contributed by atoms with Gasteiger partial charge in [-0.15, -0.1) is 0 Å². The summed E-state index contributed by atoms with van der Waals surface area (Å²) in [5.74, 6) is -0.672. The molecule has 0 spiro atoms. The standard InChI is InChI=1S/C13H24N2O4/c1-10(16)15-11(12(17)18-3)8-14-9-13(2)4-6-19-7-5-13/h11,14H,4-9H2,1-3H3,(H,15,16). The predicted octanol–water partition coefficient (Wildman–Crippen LogP) is 0.0704. The lowest BCUT2D eigenvalue weighted by atomic mass is 9.82. The highest BCUT2D eigenvalue weighted by molar-refractivity contribution is 5.83. The zero-order chi connectivity index (χ0) is 14.3. The van der Waals surface area contributed by atoms with E-state index in [1.165, 1.54) is 14.0 Å². The molecule has 6 nitrogen and oxygen atoms in total. The van der Waals surface area contributed by atoms with Gasteiger partial charge in [0.25, 0.3) is 0 Å². The van der Waals surface area contributed by atoms with Crippen molar-refractivity contribution in [1.82, 2.24) is 10.6 Å². The number of esters is 1. The van der Waals surface area contributed by atoms with Gasteiger partial charge in [-0.05, 0) is 18.3 Å². The lowest BCUT2D eigenvalue weighted by Crippen LogP contribution is -2.49. The third kappa shape index (κ3) is 5.57. The maximum atomic E-state index is 11.5. The van der Waals surface area contributed by atoms with Gasteiger partial charge in [-0.1, -0.05) is 6.92 Å². The maximum Gasteiger partial charge on any atom is 0.329 e. The van der Waals surface area contributed by atoms with Crippen molar-refractivity contribution in [3.05, 3.63) is 0 Å². The molecule has 0 aliphatic carbocycles. The lowest BCUT2D eigenvalue weighted by molar-refractivity contribution is -0.144. The van der Waals surface area contributed by atoms with Crippen LogP contribution < -0.4 is 10.6 Å². The summed E-state index contributed by atoms with van der Waals surface area (Å²) in [5, 5.41) is 5.83. The molecule has 1 amide bonds. The van der Waals surface area contributed by atoms with Crippen molar-refractivity contribution in [2.75, 3.05) is 33.4 Å². The Balaban J connectivity index is 2.38. The number of hydrogen-bond acceptors (Lipinski definition) is 5. The Morgan fingerprint density at radius 1 is 1.37 bits per heavy atom. The minimum atomic E-state index is -0.633. The van der Waals surface area contributed by atoms with Crippen molar-refractivity contribution in [2.45, 2.75) is 32.7 Å². The van der Waals surface area contributed by atoms with E-state index in [1.54, 1.807) is 0 Å². The van der Waals surface area contributed by atoms with Gasteiger partial charge in [0, 0.05) is 33.2 Å². The second-order valence-electron chi connectivity index (χ2n) is 5.33. The minimum absolute atomic E-state index is 0.190. The van der Waals surface area contributed by atoms with E-state index in [1.807, 2.05) is 0 Å². The lowest BCUT2D eigenvalue weighted by Gasteiger charge is -2.34. The molecule has 0 saturated carbocycles. The van der Waals surface area contributed by atoms with Crippen LogP contribution in [0.1, 0.15) is 26.7 Å². The highest BCUT2D eigenvalue weighted by atomic mass is 16.5. The van der Waals surface area contributed by atoms with E-state index in [2.05, 4.69) is 22.3 Å². The highest BCUT2D eigenvalue weighted by Gasteiger charge is 2.28. The fraction of sp³-hybridized carbons (Fsp3) is 0.846. The van der Waals surface area contributed by atoms with Gasteiger partial charge in [0.2, 0.25) is 5.91 Å². The second-order valence-corrected chi connectivity index (χ2v) is 5.33. The molecule has 0 aromatic rings. The van der Waals surface area contributed by atoms with Crippen molar-refractivity contribution < 1.29 is 19.1 Å². The third-order valence-corrected chi connectivity index (χ3v) is 3.46. The molecule has 1 aliphatic rings. The van der Waals surface area contributed by atoms with E-state index in [9.17, 15) is 9.59 Å². The molecule has 0 bridgehead atoms. The van der Waals surface area contributed by atoms with Crippen molar-refractivity contribution in [3.63, 3.8) is 0 Å². The van der Waals surface area contributed by atoms with Crippen molar-refractivity contribution in [3.8, 4) is 0 Å². The van der Waals surface area contributed by atoms with Crippen LogP contribution in [0.2, 0.25) is 0 Å². The first-order valence-electron chi connectivity index (χ1n) is 6.60. The number of rotatable bonds is 6. The molecule has 1 fully saturated rings. The summed E-state index contributed by atoms with van der Waals surface area (Å²) in [6.07, 6.45) is 2.01. The van der Waals surface area contributed by atoms with Crippen molar-refractivity contribution in [1.29, 1.82) is 0 Å². The summed E-state index contributed by atoms with van der Waals surface area (Å²) >= 11 is 0. The third-order valence-electron chi connectivity index (χ3n) is 3.46. The number of hydrogen-bond donors (Lipinski definition) is 2. The SMILES string of the molecule is COC(=O)C(CNCC1(C)CCOCC1)NC(C)=O. The number of ether oxygens (including phenoxy) is 2. The van der Waals surface area contributed by atoms with E-state index in [0.29, 0.717) is 6.54 Å². The van der Waals surface area contributed by atoms with Gasteiger partial charge >= 0.3 is 5.97 Å². The molecule has 1 rings (SSSR count). The molecular formula is C13H24N2O4. The number of carbonyl (C=O) groups is 2. The molecule has 1 heterocycles. The summed E-state index contributed by atoms with van der Waals surface area (Å²) in [4.78, 5) is 22.6. The zero-order valence-corrected chi connectivity index (χ0v) is 12.0. The molecule has 0 radical (unpaired) electrons. The smallest absolute Gasteiger partial charge is 0.329 e. The first kappa shape index (κ1) is 15.9. The molecule has 0 aromatic carbocycles. The first-order valence-corrected chi connectivity index (χ1v) is 6.60.